The third-order valence-electron chi connectivity index (χ3n) is 4.72. The lowest BCUT2D eigenvalue weighted by molar-refractivity contribution is -0.119. The van der Waals surface area contributed by atoms with Crippen LogP contribution in [0.4, 0.5) is 5.69 Å². The number of ether oxygens (including phenoxy) is 5. The Labute approximate surface area is 198 Å². The molecule has 0 bridgehead atoms. The van der Waals surface area contributed by atoms with Crippen LogP contribution >= 0.6 is 22.9 Å². The molecule has 10 heteroatoms. The number of halogens is 1. The number of esters is 1. The lowest BCUT2D eigenvalue weighted by atomic mass is 10.1. The van der Waals surface area contributed by atoms with Crippen LogP contribution in [-0.2, 0) is 9.53 Å². The van der Waals surface area contributed by atoms with E-state index in [0.29, 0.717) is 51.8 Å². The first-order chi connectivity index (χ1) is 16.0. The Bertz CT molecular complexity index is 1190. The van der Waals surface area contributed by atoms with Crippen LogP contribution in [0.1, 0.15) is 9.67 Å². The molecule has 3 aromatic rings. The highest BCUT2D eigenvalue weighted by atomic mass is 35.5. The van der Waals surface area contributed by atoms with Crippen molar-refractivity contribution < 1.29 is 33.3 Å². The Hall–Kier alpha value is -3.43. The number of hydrogen-bond donors (Lipinski definition) is 1. The molecule has 0 fully saturated rings. The van der Waals surface area contributed by atoms with Crippen LogP contribution in [0.2, 0.25) is 5.02 Å². The van der Waals surface area contributed by atoms with E-state index in [4.69, 9.17) is 35.3 Å². The molecule has 1 amide bonds. The molecule has 0 saturated heterocycles. The molecule has 0 radical (unpaired) electrons. The van der Waals surface area contributed by atoms with E-state index in [9.17, 15) is 9.59 Å². The second-order valence-corrected chi connectivity index (χ2v) is 8.32. The molecule has 0 unspecified atom stereocenters. The SMILES string of the molecule is COc1cc(OC)c(NC(=O)COC(=O)c2ccc(-c3ccc4c(c3)OCCO4)s2)cc1Cl. The fourth-order valence-corrected chi connectivity index (χ4v) is 4.28. The van der Waals surface area contributed by atoms with E-state index in [2.05, 4.69) is 5.32 Å². The molecule has 0 saturated carbocycles. The predicted molar refractivity (Wildman–Crippen MR) is 124 cm³/mol. The summed E-state index contributed by atoms with van der Waals surface area (Å²) >= 11 is 7.37. The van der Waals surface area contributed by atoms with Crippen molar-refractivity contribution in [2.45, 2.75) is 0 Å². The van der Waals surface area contributed by atoms with E-state index in [1.165, 1.54) is 31.6 Å². The zero-order chi connectivity index (χ0) is 23.4. The van der Waals surface area contributed by atoms with E-state index in [0.717, 1.165) is 10.4 Å². The molecule has 8 nitrogen and oxygen atoms in total. The lowest BCUT2D eigenvalue weighted by Gasteiger charge is -2.18. The molecule has 1 aromatic heterocycles. The van der Waals surface area contributed by atoms with Crippen LogP contribution < -0.4 is 24.3 Å². The average Bonchev–Trinajstić information content (AvgIpc) is 3.33. The molecule has 1 N–H and O–H groups in total. The second-order valence-electron chi connectivity index (χ2n) is 6.83. The van der Waals surface area contributed by atoms with Gasteiger partial charge in [0.05, 0.1) is 24.9 Å². The molecule has 2 heterocycles. The first-order valence-corrected chi connectivity index (χ1v) is 11.1. The van der Waals surface area contributed by atoms with Crippen molar-refractivity contribution in [1.29, 1.82) is 0 Å². The number of carbonyl (C=O) groups is 2. The quantitative estimate of drug-likeness (QED) is 0.483. The van der Waals surface area contributed by atoms with Crippen LogP contribution in [0.5, 0.6) is 23.0 Å². The van der Waals surface area contributed by atoms with Gasteiger partial charge in [0, 0.05) is 10.9 Å². The summed E-state index contributed by atoms with van der Waals surface area (Å²) in [5.41, 5.74) is 1.23. The van der Waals surface area contributed by atoms with Crippen molar-refractivity contribution in [3.63, 3.8) is 0 Å². The monoisotopic (exact) mass is 489 g/mol. The highest BCUT2D eigenvalue weighted by Crippen LogP contribution is 2.37. The van der Waals surface area contributed by atoms with Gasteiger partial charge >= 0.3 is 5.97 Å². The van der Waals surface area contributed by atoms with Gasteiger partial charge in [-0.05, 0) is 42.0 Å². The Morgan fingerprint density at radius 1 is 1.00 bits per heavy atom. The molecule has 0 spiro atoms. The number of thiophene rings is 1. The lowest BCUT2D eigenvalue weighted by Crippen LogP contribution is -2.21. The van der Waals surface area contributed by atoms with Crippen molar-refractivity contribution in [3.8, 4) is 33.4 Å². The summed E-state index contributed by atoms with van der Waals surface area (Å²) < 4.78 is 26.7. The highest BCUT2D eigenvalue weighted by molar-refractivity contribution is 7.17. The maximum atomic E-state index is 12.4. The van der Waals surface area contributed by atoms with E-state index < -0.39 is 18.5 Å². The van der Waals surface area contributed by atoms with Crippen molar-refractivity contribution in [2.75, 3.05) is 39.4 Å². The van der Waals surface area contributed by atoms with E-state index in [1.54, 1.807) is 12.1 Å². The van der Waals surface area contributed by atoms with Crippen LogP contribution in [0.25, 0.3) is 10.4 Å². The topological polar surface area (TPSA) is 92.3 Å². The highest BCUT2D eigenvalue weighted by Gasteiger charge is 2.18. The van der Waals surface area contributed by atoms with Gasteiger partial charge in [0.15, 0.2) is 18.1 Å². The van der Waals surface area contributed by atoms with Gasteiger partial charge in [0.2, 0.25) is 0 Å². The zero-order valence-electron chi connectivity index (χ0n) is 17.8. The van der Waals surface area contributed by atoms with Gasteiger partial charge < -0.3 is 29.0 Å². The molecule has 2 aromatic carbocycles. The van der Waals surface area contributed by atoms with Crippen LogP contribution in [-0.4, -0.2) is 45.9 Å². The fraction of sp³-hybridized carbons (Fsp3) is 0.217. The van der Waals surface area contributed by atoms with Crippen molar-refractivity contribution in [1.82, 2.24) is 0 Å². The number of methoxy groups -OCH3 is 2. The Morgan fingerprint density at radius 2 is 1.76 bits per heavy atom. The van der Waals surface area contributed by atoms with Crippen molar-refractivity contribution >= 4 is 40.5 Å². The van der Waals surface area contributed by atoms with Gasteiger partial charge in [-0.1, -0.05) is 11.6 Å². The van der Waals surface area contributed by atoms with E-state index >= 15 is 0 Å². The number of nitrogens with one attached hydrogen (secondary N) is 1. The minimum absolute atomic E-state index is 0.302. The molecular formula is C23H20ClNO7S. The number of benzene rings is 2. The Balaban J connectivity index is 1.37. The number of rotatable bonds is 7. The number of carbonyl (C=O) groups excluding carboxylic acids is 2. The third-order valence-corrected chi connectivity index (χ3v) is 6.13. The molecule has 172 valence electrons. The van der Waals surface area contributed by atoms with Crippen molar-refractivity contribution in [2.24, 2.45) is 0 Å². The number of anilines is 1. The normalized spacial score (nSPS) is 12.1. The molecular weight excluding hydrogens is 470 g/mol. The van der Waals surface area contributed by atoms with Crippen LogP contribution in [0.3, 0.4) is 0 Å². The van der Waals surface area contributed by atoms with E-state index in [1.807, 2.05) is 24.3 Å². The third kappa shape index (κ3) is 5.15. The van der Waals surface area contributed by atoms with Gasteiger partial charge in [-0.25, -0.2) is 4.79 Å². The zero-order valence-corrected chi connectivity index (χ0v) is 19.4. The molecule has 0 atom stereocenters. The summed E-state index contributed by atoms with van der Waals surface area (Å²) in [6.45, 7) is 0.547. The van der Waals surface area contributed by atoms with Gasteiger partial charge in [-0.2, -0.15) is 0 Å². The number of amides is 1. The summed E-state index contributed by atoms with van der Waals surface area (Å²) in [6, 6.07) is 12.1. The largest absolute Gasteiger partial charge is 0.495 e. The molecule has 1 aliphatic rings. The fourth-order valence-electron chi connectivity index (χ4n) is 3.15. The summed E-state index contributed by atoms with van der Waals surface area (Å²) in [5, 5.41) is 2.92. The molecule has 0 aliphatic carbocycles. The first-order valence-electron chi connectivity index (χ1n) is 9.87. The summed E-state index contributed by atoms with van der Waals surface area (Å²) in [7, 11) is 2.93. The standard InChI is InChI=1S/C23H20ClNO7S/c1-28-17-11-18(29-2)15(10-14(17)24)25-22(26)12-32-23(27)21-6-5-20(33-21)13-3-4-16-19(9-13)31-8-7-30-16/h3-6,9-11H,7-8,12H2,1-2H3,(H,25,26). The number of hydrogen-bond acceptors (Lipinski definition) is 8. The maximum Gasteiger partial charge on any atom is 0.348 e. The van der Waals surface area contributed by atoms with E-state index in [-0.39, 0.29) is 0 Å². The van der Waals surface area contributed by atoms with Crippen LogP contribution in [0, 0.1) is 0 Å². The molecule has 1 aliphatic heterocycles. The van der Waals surface area contributed by atoms with Gasteiger partial charge in [0.25, 0.3) is 5.91 Å². The summed E-state index contributed by atoms with van der Waals surface area (Å²) in [5.74, 6) is 0.997. The maximum absolute atomic E-state index is 12.4. The first kappa shape index (κ1) is 22.8. The Kier molecular flexibility index (Phi) is 6.90. The Morgan fingerprint density at radius 3 is 2.52 bits per heavy atom. The van der Waals surface area contributed by atoms with Gasteiger partial charge in [0.1, 0.15) is 29.6 Å². The number of fused-ring (bicyclic) bond motifs is 1. The van der Waals surface area contributed by atoms with Gasteiger partial charge in [-0.3, -0.25) is 4.79 Å². The second kappa shape index (κ2) is 10.0. The summed E-state index contributed by atoms with van der Waals surface area (Å²) in [6.07, 6.45) is 0. The molecule has 33 heavy (non-hydrogen) atoms. The van der Waals surface area contributed by atoms with Crippen molar-refractivity contribution in [3.05, 3.63) is 52.4 Å². The smallest absolute Gasteiger partial charge is 0.348 e. The van der Waals surface area contributed by atoms with Crippen LogP contribution in [0.15, 0.2) is 42.5 Å². The minimum Gasteiger partial charge on any atom is -0.495 e. The minimum atomic E-state index is -0.598. The summed E-state index contributed by atoms with van der Waals surface area (Å²) in [4.78, 5) is 26.0. The molecule has 4 rings (SSSR count). The predicted octanol–water partition coefficient (Wildman–Crippen LogP) is 4.65. The van der Waals surface area contributed by atoms with Gasteiger partial charge in [-0.15, -0.1) is 11.3 Å². The average molecular weight is 490 g/mol.